The Hall–Kier alpha value is -1.37. The Balaban J connectivity index is 1.80. The third-order valence-corrected chi connectivity index (χ3v) is 3.85. The number of ether oxygens (including phenoxy) is 1. The normalized spacial score (nSPS) is 12.8. The Bertz CT molecular complexity index is 533. The van der Waals surface area contributed by atoms with Gasteiger partial charge in [-0.25, -0.2) is 13.8 Å². The molecule has 0 saturated heterocycles. The molecular weight excluding hydrogens is 296 g/mol. The van der Waals surface area contributed by atoms with E-state index >= 15 is 0 Å². The van der Waals surface area contributed by atoms with E-state index in [4.69, 9.17) is 4.74 Å². The lowest BCUT2D eigenvalue weighted by Gasteiger charge is -2.08. The van der Waals surface area contributed by atoms with Crippen LogP contribution in [0.3, 0.4) is 0 Å². The van der Waals surface area contributed by atoms with Gasteiger partial charge in [-0.2, -0.15) is 0 Å². The lowest BCUT2D eigenvalue weighted by molar-refractivity contribution is 0.0187. The van der Waals surface area contributed by atoms with E-state index in [2.05, 4.69) is 4.98 Å². The van der Waals surface area contributed by atoms with Crippen LogP contribution in [-0.4, -0.2) is 29.7 Å². The van der Waals surface area contributed by atoms with Crippen LogP contribution in [0, 0.1) is 0 Å². The number of nitrogens with zero attached hydrogens (tertiary/aromatic N) is 1. The SMILES string of the molecule is OC(Cc1csc(CCOCC(F)F)n1)c1ccccc1. The smallest absolute Gasteiger partial charge is 0.261 e. The van der Waals surface area contributed by atoms with E-state index in [1.54, 1.807) is 0 Å². The van der Waals surface area contributed by atoms with Crippen molar-refractivity contribution in [1.82, 2.24) is 4.98 Å². The zero-order valence-corrected chi connectivity index (χ0v) is 12.2. The average molecular weight is 313 g/mol. The van der Waals surface area contributed by atoms with Crippen molar-refractivity contribution in [2.45, 2.75) is 25.4 Å². The Morgan fingerprint density at radius 1 is 1.24 bits per heavy atom. The van der Waals surface area contributed by atoms with Gasteiger partial charge >= 0.3 is 0 Å². The molecule has 114 valence electrons. The van der Waals surface area contributed by atoms with Crippen molar-refractivity contribution in [3.63, 3.8) is 0 Å². The molecule has 0 aliphatic carbocycles. The quantitative estimate of drug-likeness (QED) is 0.761. The average Bonchev–Trinajstić information content (AvgIpc) is 2.92. The number of halogens is 2. The van der Waals surface area contributed by atoms with Crippen LogP contribution >= 0.6 is 11.3 Å². The minimum Gasteiger partial charge on any atom is -0.388 e. The maximum Gasteiger partial charge on any atom is 0.261 e. The molecule has 0 fully saturated rings. The number of hydrogen-bond acceptors (Lipinski definition) is 4. The molecule has 3 nitrogen and oxygen atoms in total. The molecule has 0 radical (unpaired) electrons. The summed E-state index contributed by atoms with van der Waals surface area (Å²) in [5.74, 6) is 0. The first-order valence-corrected chi connectivity index (χ1v) is 7.55. The standard InChI is InChI=1S/C15H17F2NO2S/c16-14(17)9-20-7-6-15-18-12(10-21-15)8-13(19)11-4-2-1-3-5-11/h1-5,10,13-14,19H,6-9H2. The summed E-state index contributed by atoms with van der Waals surface area (Å²) in [7, 11) is 0. The van der Waals surface area contributed by atoms with Gasteiger partial charge in [-0.05, 0) is 5.56 Å². The summed E-state index contributed by atoms with van der Waals surface area (Å²) in [6.45, 7) is -0.302. The first-order chi connectivity index (χ1) is 10.1. The molecule has 1 aromatic heterocycles. The molecule has 6 heteroatoms. The molecule has 1 aromatic carbocycles. The van der Waals surface area contributed by atoms with Crippen molar-refractivity contribution in [3.8, 4) is 0 Å². The van der Waals surface area contributed by atoms with Crippen LogP contribution in [0.5, 0.6) is 0 Å². The van der Waals surface area contributed by atoms with Gasteiger partial charge in [0.15, 0.2) is 0 Å². The summed E-state index contributed by atoms with van der Waals surface area (Å²) in [5.41, 5.74) is 1.66. The predicted molar refractivity (Wildman–Crippen MR) is 77.7 cm³/mol. The molecule has 1 N–H and O–H groups in total. The summed E-state index contributed by atoms with van der Waals surface area (Å²) in [6, 6.07) is 9.40. The summed E-state index contributed by atoms with van der Waals surface area (Å²) in [5, 5.41) is 12.8. The molecule has 0 amide bonds. The summed E-state index contributed by atoms with van der Waals surface area (Å²) < 4.78 is 28.6. The Labute approximate surface area is 126 Å². The fourth-order valence-electron chi connectivity index (χ4n) is 1.88. The highest BCUT2D eigenvalue weighted by atomic mass is 32.1. The topological polar surface area (TPSA) is 42.4 Å². The van der Waals surface area contributed by atoms with Crippen LogP contribution in [0.25, 0.3) is 0 Å². The number of aromatic nitrogens is 1. The van der Waals surface area contributed by atoms with Crippen molar-refractivity contribution >= 4 is 11.3 Å². The lowest BCUT2D eigenvalue weighted by atomic mass is 10.1. The van der Waals surface area contributed by atoms with Crippen LogP contribution in [0.1, 0.15) is 22.4 Å². The van der Waals surface area contributed by atoms with Crippen LogP contribution in [0.4, 0.5) is 8.78 Å². The second kappa shape index (κ2) is 8.17. The van der Waals surface area contributed by atoms with Gasteiger partial charge in [0.05, 0.1) is 23.4 Å². The first-order valence-electron chi connectivity index (χ1n) is 6.67. The fourth-order valence-corrected chi connectivity index (χ4v) is 2.67. The third-order valence-electron chi connectivity index (χ3n) is 2.89. The Morgan fingerprint density at radius 2 is 2.00 bits per heavy atom. The highest BCUT2D eigenvalue weighted by Gasteiger charge is 2.11. The Kier molecular flexibility index (Phi) is 6.22. The number of aliphatic hydroxyl groups is 1. The first kappa shape index (κ1) is 16.0. The van der Waals surface area contributed by atoms with Gasteiger partial charge in [-0.3, -0.25) is 0 Å². The Morgan fingerprint density at radius 3 is 2.71 bits per heavy atom. The number of aliphatic hydroxyl groups excluding tert-OH is 1. The van der Waals surface area contributed by atoms with Crippen LogP contribution in [0.2, 0.25) is 0 Å². The lowest BCUT2D eigenvalue weighted by Crippen LogP contribution is -2.07. The largest absolute Gasteiger partial charge is 0.388 e. The molecule has 0 aliphatic heterocycles. The minimum absolute atomic E-state index is 0.235. The zero-order chi connectivity index (χ0) is 15.1. The number of rotatable bonds is 8. The maximum atomic E-state index is 11.9. The highest BCUT2D eigenvalue weighted by molar-refractivity contribution is 7.09. The molecule has 21 heavy (non-hydrogen) atoms. The van der Waals surface area contributed by atoms with Gasteiger partial charge in [0, 0.05) is 18.2 Å². The van der Waals surface area contributed by atoms with Gasteiger partial charge in [0.25, 0.3) is 6.43 Å². The van der Waals surface area contributed by atoms with Crippen molar-refractivity contribution in [2.75, 3.05) is 13.2 Å². The van der Waals surface area contributed by atoms with E-state index in [0.29, 0.717) is 12.8 Å². The van der Waals surface area contributed by atoms with Gasteiger partial charge < -0.3 is 9.84 Å². The number of thiazole rings is 1. The summed E-state index contributed by atoms with van der Waals surface area (Å²) in [6.07, 6.45) is -2.06. The van der Waals surface area contributed by atoms with Crippen molar-refractivity contribution in [1.29, 1.82) is 0 Å². The molecule has 0 bridgehead atoms. The molecule has 0 saturated carbocycles. The minimum atomic E-state index is -2.43. The predicted octanol–water partition coefficient (Wildman–Crippen LogP) is 3.24. The summed E-state index contributed by atoms with van der Waals surface area (Å²) in [4.78, 5) is 4.38. The van der Waals surface area contributed by atoms with Crippen LogP contribution < -0.4 is 0 Å². The summed E-state index contributed by atoms with van der Waals surface area (Å²) >= 11 is 1.46. The number of benzene rings is 1. The van der Waals surface area contributed by atoms with E-state index < -0.39 is 19.1 Å². The van der Waals surface area contributed by atoms with E-state index in [0.717, 1.165) is 16.3 Å². The van der Waals surface area contributed by atoms with Crippen LogP contribution in [0.15, 0.2) is 35.7 Å². The third kappa shape index (κ3) is 5.49. The highest BCUT2D eigenvalue weighted by Crippen LogP contribution is 2.19. The van der Waals surface area contributed by atoms with Gasteiger partial charge in [-0.1, -0.05) is 30.3 Å². The molecule has 0 spiro atoms. The van der Waals surface area contributed by atoms with E-state index in [1.165, 1.54) is 11.3 Å². The molecular formula is C15H17F2NO2S. The van der Waals surface area contributed by atoms with Crippen molar-refractivity contribution in [3.05, 3.63) is 52.0 Å². The number of hydrogen-bond donors (Lipinski definition) is 1. The molecule has 1 atom stereocenters. The van der Waals surface area contributed by atoms with Gasteiger partial charge in [0.1, 0.15) is 6.61 Å². The van der Waals surface area contributed by atoms with Crippen molar-refractivity contribution < 1.29 is 18.6 Å². The molecule has 1 heterocycles. The monoisotopic (exact) mass is 313 g/mol. The van der Waals surface area contributed by atoms with E-state index in [-0.39, 0.29) is 6.61 Å². The fraction of sp³-hybridized carbons (Fsp3) is 0.400. The molecule has 2 rings (SSSR count). The molecule has 1 unspecified atom stereocenters. The van der Waals surface area contributed by atoms with Gasteiger partial charge in [-0.15, -0.1) is 11.3 Å². The maximum absolute atomic E-state index is 11.9. The second-order valence-corrected chi connectivity index (χ2v) is 5.52. The number of alkyl halides is 2. The van der Waals surface area contributed by atoms with E-state index in [1.807, 2.05) is 35.7 Å². The molecule has 0 aliphatic rings. The van der Waals surface area contributed by atoms with Crippen LogP contribution in [-0.2, 0) is 17.6 Å². The zero-order valence-electron chi connectivity index (χ0n) is 11.4. The second-order valence-electron chi connectivity index (χ2n) is 4.58. The molecule has 2 aromatic rings. The van der Waals surface area contributed by atoms with Gasteiger partial charge in [0.2, 0.25) is 0 Å². The van der Waals surface area contributed by atoms with E-state index in [9.17, 15) is 13.9 Å². The van der Waals surface area contributed by atoms with Crippen molar-refractivity contribution in [2.24, 2.45) is 0 Å².